The van der Waals surface area contributed by atoms with Crippen molar-refractivity contribution in [3.05, 3.63) is 0 Å². The zero-order valence-electron chi connectivity index (χ0n) is 6.87. The lowest BCUT2D eigenvalue weighted by molar-refractivity contribution is 0.0911. The molecule has 64 valence electrons. The largest absolute Gasteiger partial charge is 0.465 e. The van der Waals surface area contributed by atoms with E-state index in [0.717, 1.165) is 13.1 Å². The smallest absolute Gasteiger partial charge is 0.407 e. The lowest BCUT2D eigenvalue weighted by atomic mass is 10.1. The molecule has 0 aromatic rings. The molecule has 1 aliphatic heterocycles. The molecule has 4 nitrogen and oxygen atoms in total. The number of amides is 1. The molecule has 0 spiro atoms. The monoisotopic (exact) mass is 158 g/mol. The average Bonchev–Trinajstić information content (AvgIpc) is 1.85. The standard InChI is InChI=1S/C7H14N2O2/c1-5-3-8-4-6(2)9(5)7(10)11/h5-6,8H,3-4H2,1-2H3,(H,10,11)/t5-,6?/m1/s1. The maximum atomic E-state index is 10.7. The summed E-state index contributed by atoms with van der Waals surface area (Å²) in [5.74, 6) is 0. The molecule has 0 aromatic carbocycles. The summed E-state index contributed by atoms with van der Waals surface area (Å²) < 4.78 is 0. The van der Waals surface area contributed by atoms with Crippen LogP contribution in [0.4, 0.5) is 4.79 Å². The minimum absolute atomic E-state index is 0.0937. The van der Waals surface area contributed by atoms with E-state index in [1.165, 1.54) is 4.90 Å². The van der Waals surface area contributed by atoms with Crippen LogP contribution in [-0.4, -0.2) is 41.3 Å². The van der Waals surface area contributed by atoms with Crippen LogP contribution in [0.3, 0.4) is 0 Å². The lowest BCUT2D eigenvalue weighted by Crippen LogP contribution is -2.56. The maximum absolute atomic E-state index is 10.7. The molecule has 2 N–H and O–H groups in total. The molecule has 1 fully saturated rings. The van der Waals surface area contributed by atoms with E-state index in [2.05, 4.69) is 5.32 Å². The van der Waals surface area contributed by atoms with Crippen molar-refractivity contribution in [2.45, 2.75) is 25.9 Å². The van der Waals surface area contributed by atoms with Gasteiger partial charge in [0, 0.05) is 25.2 Å². The Hall–Kier alpha value is -0.770. The molecular formula is C7H14N2O2. The van der Waals surface area contributed by atoms with E-state index in [4.69, 9.17) is 5.11 Å². The average molecular weight is 158 g/mol. The predicted octanol–water partition coefficient (Wildman–Crippen LogP) is 0.347. The summed E-state index contributed by atoms with van der Waals surface area (Å²) in [5, 5.41) is 11.9. The number of carboxylic acid groups (broad SMARTS) is 1. The molecule has 1 rings (SSSR count). The Balaban J connectivity index is 2.62. The minimum atomic E-state index is -0.813. The van der Waals surface area contributed by atoms with Gasteiger partial charge in [0.25, 0.3) is 0 Å². The highest BCUT2D eigenvalue weighted by molar-refractivity contribution is 5.66. The first-order valence-electron chi connectivity index (χ1n) is 3.85. The highest BCUT2D eigenvalue weighted by Gasteiger charge is 2.27. The number of nitrogens with zero attached hydrogens (tertiary/aromatic N) is 1. The summed E-state index contributed by atoms with van der Waals surface area (Å²) in [5.41, 5.74) is 0. The number of hydrogen-bond donors (Lipinski definition) is 2. The second-order valence-corrected chi connectivity index (χ2v) is 3.05. The van der Waals surface area contributed by atoms with Gasteiger partial charge in [-0.05, 0) is 13.8 Å². The molecule has 1 saturated heterocycles. The Bertz CT molecular complexity index is 151. The number of hydrogen-bond acceptors (Lipinski definition) is 2. The van der Waals surface area contributed by atoms with E-state index in [-0.39, 0.29) is 12.1 Å². The third-order valence-corrected chi connectivity index (χ3v) is 2.05. The van der Waals surface area contributed by atoms with Crippen LogP contribution in [0.2, 0.25) is 0 Å². The molecule has 2 atom stereocenters. The fourth-order valence-corrected chi connectivity index (χ4v) is 1.51. The summed E-state index contributed by atoms with van der Waals surface area (Å²) in [6.45, 7) is 5.35. The zero-order chi connectivity index (χ0) is 8.43. The van der Waals surface area contributed by atoms with Crippen molar-refractivity contribution in [2.24, 2.45) is 0 Å². The van der Waals surface area contributed by atoms with Gasteiger partial charge in [0.1, 0.15) is 0 Å². The molecule has 1 unspecified atom stereocenters. The van der Waals surface area contributed by atoms with Crippen molar-refractivity contribution < 1.29 is 9.90 Å². The number of piperazine rings is 1. The lowest BCUT2D eigenvalue weighted by Gasteiger charge is -2.37. The third-order valence-electron chi connectivity index (χ3n) is 2.05. The number of rotatable bonds is 0. The van der Waals surface area contributed by atoms with Crippen LogP contribution in [0.25, 0.3) is 0 Å². The van der Waals surface area contributed by atoms with Crippen LogP contribution < -0.4 is 5.32 Å². The van der Waals surface area contributed by atoms with Gasteiger partial charge in [0.05, 0.1) is 0 Å². The summed E-state index contributed by atoms with van der Waals surface area (Å²) in [7, 11) is 0. The van der Waals surface area contributed by atoms with Crippen LogP contribution in [0.1, 0.15) is 13.8 Å². The number of carbonyl (C=O) groups is 1. The summed E-state index contributed by atoms with van der Waals surface area (Å²) in [6.07, 6.45) is -0.813. The van der Waals surface area contributed by atoms with E-state index >= 15 is 0 Å². The molecule has 0 aromatic heterocycles. The van der Waals surface area contributed by atoms with E-state index in [1.807, 2.05) is 13.8 Å². The SMILES string of the molecule is CC1CNC[C@@H](C)N1C(=O)O. The first kappa shape index (κ1) is 8.33. The Morgan fingerprint density at radius 2 is 1.91 bits per heavy atom. The molecule has 1 amide bonds. The van der Waals surface area contributed by atoms with Crippen molar-refractivity contribution in [3.63, 3.8) is 0 Å². The maximum Gasteiger partial charge on any atom is 0.407 e. The van der Waals surface area contributed by atoms with Gasteiger partial charge >= 0.3 is 6.09 Å². The molecule has 0 bridgehead atoms. The van der Waals surface area contributed by atoms with E-state index < -0.39 is 6.09 Å². The first-order chi connectivity index (χ1) is 5.13. The van der Waals surface area contributed by atoms with Crippen molar-refractivity contribution in [1.82, 2.24) is 10.2 Å². The normalized spacial score (nSPS) is 32.0. The van der Waals surface area contributed by atoms with Crippen molar-refractivity contribution in [2.75, 3.05) is 13.1 Å². The van der Waals surface area contributed by atoms with Gasteiger partial charge in [-0.15, -0.1) is 0 Å². The van der Waals surface area contributed by atoms with Gasteiger partial charge in [-0.2, -0.15) is 0 Å². The third kappa shape index (κ3) is 1.63. The summed E-state index contributed by atoms with van der Waals surface area (Å²) >= 11 is 0. The zero-order valence-corrected chi connectivity index (χ0v) is 6.87. The predicted molar refractivity (Wildman–Crippen MR) is 41.7 cm³/mol. The quantitative estimate of drug-likeness (QED) is 0.534. The van der Waals surface area contributed by atoms with Crippen LogP contribution >= 0.6 is 0 Å². The minimum Gasteiger partial charge on any atom is -0.465 e. The van der Waals surface area contributed by atoms with E-state index in [9.17, 15) is 4.79 Å². The van der Waals surface area contributed by atoms with Crippen molar-refractivity contribution >= 4 is 6.09 Å². The molecule has 1 aliphatic rings. The highest BCUT2D eigenvalue weighted by Crippen LogP contribution is 2.08. The second-order valence-electron chi connectivity index (χ2n) is 3.05. The molecule has 0 radical (unpaired) electrons. The van der Waals surface area contributed by atoms with Crippen LogP contribution in [0.5, 0.6) is 0 Å². The summed E-state index contributed by atoms with van der Waals surface area (Å²) in [6, 6.07) is 0.187. The topological polar surface area (TPSA) is 52.6 Å². The van der Waals surface area contributed by atoms with E-state index in [0.29, 0.717) is 0 Å². The van der Waals surface area contributed by atoms with Gasteiger partial charge in [-0.25, -0.2) is 4.79 Å². The first-order valence-corrected chi connectivity index (χ1v) is 3.85. The van der Waals surface area contributed by atoms with Gasteiger partial charge in [-0.1, -0.05) is 0 Å². The molecular weight excluding hydrogens is 144 g/mol. The number of nitrogens with one attached hydrogen (secondary N) is 1. The van der Waals surface area contributed by atoms with Crippen molar-refractivity contribution in [1.29, 1.82) is 0 Å². The second kappa shape index (κ2) is 3.09. The molecule has 0 aliphatic carbocycles. The van der Waals surface area contributed by atoms with Gasteiger partial charge < -0.3 is 15.3 Å². The van der Waals surface area contributed by atoms with Crippen LogP contribution in [0.15, 0.2) is 0 Å². The fraction of sp³-hybridized carbons (Fsp3) is 0.857. The Kier molecular flexibility index (Phi) is 2.34. The van der Waals surface area contributed by atoms with E-state index in [1.54, 1.807) is 0 Å². The Morgan fingerprint density at radius 3 is 2.18 bits per heavy atom. The van der Waals surface area contributed by atoms with Gasteiger partial charge in [-0.3, -0.25) is 0 Å². The summed E-state index contributed by atoms with van der Waals surface area (Å²) in [4.78, 5) is 12.2. The van der Waals surface area contributed by atoms with Crippen LogP contribution in [0, 0.1) is 0 Å². The van der Waals surface area contributed by atoms with Crippen LogP contribution in [-0.2, 0) is 0 Å². The van der Waals surface area contributed by atoms with Crippen molar-refractivity contribution in [3.8, 4) is 0 Å². The van der Waals surface area contributed by atoms with Gasteiger partial charge in [0.15, 0.2) is 0 Å². The molecule has 1 heterocycles. The molecule has 0 saturated carbocycles. The Morgan fingerprint density at radius 1 is 1.45 bits per heavy atom. The molecule has 11 heavy (non-hydrogen) atoms. The fourth-order valence-electron chi connectivity index (χ4n) is 1.51. The highest BCUT2D eigenvalue weighted by atomic mass is 16.4. The molecule has 4 heteroatoms. The Labute approximate surface area is 66.2 Å². The van der Waals surface area contributed by atoms with Gasteiger partial charge in [0.2, 0.25) is 0 Å².